The highest BCUT2D eigenvalue weighted by atomic mass is 32.2. The van der Waals surface area contributed by atoms with Gasteiger partial charge in [0.2, 0.25) is 5.16 Å². The molecule has 0 bridgehead atoms. The maximum absolute atomic E-state index is 8.50. The number of aliphatic hydroxyl groups is 1. The lowest BCUT2D eigenvalue weighted by atomic mass is 10.5. The van der Waals surface area contributed by atoms with Gasteiger partial charge in [0.05, 0.1) is 6.61 Å². The Labute approximate surface area is 69.4 Å². The molecule has 4 nitrogen and oxygen atoms in total. The maximum atomic E-state index is 8.50. The topological polar surface area (TPSA) is 61.8 Å². The first kappa shape index (κ1) is 8.55. The third-order valence-electron chi connectivity index (χ3n) is 1.17. The van der Waals surface area contributed by atoms with Crippen LogP contribution in [0.5, 0.6) is 0 Å². The van der Waals surface area contributed by atoms with Crippen LogP contribution in [0.2, 0.25) is 0 Å². The van der Waals surface area contributed by atoms with Crippen molar-refractivity contribution >= 4 is 11.8 Å². The molecule has 1 aromatic rings. The van der Waals surface area contributed by atoms with Crippen molar-refractivity contribution in [1.29, 1.82) is 0 Å². The number of H-pyrrole nitrogens is 1. The molecule has 62 valence electrons. The fraction of sp³-hybridized carbons (Fsp3) is 0.667. The van der Waals surface area contributed by atoms with E-state index in [0.717, 1.165) is 17.4 Å². The normalized spacial score (nSPS) is 10.4. The zero-order valence-electron chi connectivity index (χ0n) is 6.37. The van der Waals surface area contributed by atoms with Crippen molar-refractivity contribution in [3.05, 3.63) is 5.82 Å². The Bertz CT molecular complexity index is 213. The van der Waals surface area contributed by atoms with Crippen LogP contribution in [-0.4, -0.2) is 32.6 Å². The number of aromatic nitrogens is 3. The van der Waals surface area contributed by atoms with Crippen molar-refractivity contribution in [3.63, 3.8) is 0 Å². The average molecular weight is 173 g/mol. The van der Waals surface area contributed by atoms with Gasteiger partial charge in [-0.3, -0.25) is 5.10 Å². The van der Waals surface area contributed by atoms with Crippen LogP contribution in [0, 0.1) is 0 Å². The molecule has 0 fully saturated rings. The fourth-order valence-electron chi connectivity index (χ4n) is 0.637. The van der Waals surface area contributed by atoms with Crippen LogP contribution in [0.4, 0.5) is 0 Å². The summed E-state index contributed by atoms with van der Waals surface area (Å²) in [4.78, 5) is 4.15. The van der Waals surface area contributed by atoms with Crippen molar-refractivity contribution in [2.75, 3.05) is 12.4 Å². The third-order valence-corrected chi connectivity index (χ3v) is 2.00. The number of hydrogen-bond donors (Lipinski definition) is 2. The van der Waals surface area contributed by atoms with E-state index in [2.05, 4.69) is 15.2 Å². The second-order valence-corrected chi connectivity index (χ2v) is 3.05. The molecule has 0 unspecified atom stereocenters. The number of thioether (sulfide) groups is 1. The Morgan fingerprint density at radius 3 is 3.00 bits per heavy atom. The molecule has 0 saturated heterocycles. The Hall–Kier alpha value is -0.550. The van der Waals surface area contributed by atoms with Gasteiger partial charge in [-0.05, 0) is 0 Å². The quantitative estimate of drug-likeness (QED) is 0.649. The Morgan fingerprint density at radius 1 is 1.64 bits per heavy atom. The molecule has 1 aromatic heterocycles. The average Bonchev–Trinajstić information content (AvgIpc) is 2.48. The van der Waals surface area contributed by atoms with Gasteiger partial charge in [0.1, 0.15) is 5.82 Å². The highest BCUT2D eigenvalue weighted by Gasteiger charge is 1.99. The van der Waals surface area contributed by atoms with Gasteiger partial charge < -0.3 is 5.11 Å². The molecule has 0 saturated carbocycles. The smallest absolute Gasteiger partial charge is 0.208 e. The number of nitrogens with one attached hydrogen (secondary N) is 1. The van der Waals surface area contributed by atoms with Gasteiger partial charge in [-0.1, -0.05) is 18.7 Å². The number of nitrogens with zero attached hydrogens (tertiary/aromatic N) is 2. The van der Waals surface area contributed by atoms with Crippen LogP contribution >= 0.6 is 11.8 Å². The monoisotopic (exact) mass is 173 g/mol. The minimum atomic E-state index is 0.167. The lowest BCUT2D eigenvalue weighted by Crippen LogP contribution is -1.86. The molecule has 1 rings (SSSR count). The van der Waals surface area contributed by atoms with E-state index in [4.69, 9.17) is 5.11 Å². The maximum Gasteiger partial charge on any atom is 0.208 e. The lowest BCUT2D eigenvalue weighted by Gasteiger charge is -1.88. The molecular formula is C6H11N3OS. The number of aliphatic hydroxyl groups excluding tert-OH is 1. The van der Waals surface area contributed by atoms with Crippen LogP contribution in [0.1, 0.15) is 12.7 Å². The van der Waals surface area contributed by atoms with E-state index in [-0.39, 0.29) is 6.61 Å². The number of rotatable bonds is 4. The summed E-state index contributed by atoms with van der Waals surface area (Å²) in [5.41, 5.74) is 0. The van der Waals surface area contributed by atoms with E-state index in [1.165, 1.54) is 11.8 Å². The summed E-state index contributed by atoms with van der Waals surface area (Å²) >= 11 is 1.45. The summed E-state index contributed by atoms with van der Waals surface area (Å²) in [6.45, 7) is 2.18. The highest BCUT2D eigenvalue weighted by Crippen LogP contribution is 2.10. The molecule has 1 heterocycles. The summed E-state index contributed by atoms with van der Waals surface area (Å²) in [6, 6.07) is 0. The fourth-order valence-corrected chi connectivity index (χ4v) is 1.20. The largest absolute Gasteiger partial charge is 0.396 e. The summed E-state index contributed by atoms with van der Waals surface area (Å²) in [5, 5.41) is 16.0. The lowest BCUT2D eigenvalue weighted by molar-refractivity contribution is 0.322. The Kier molecular flexibility index (Phi) is 3.38. The van der Waals surface area contributed by atoms with E-state index in [9.17, 15) is 0 Å². The van der Waals surface area contributed by atoms with Crippen LogP contribution in [0.3, 0.4) is 0 Å². The standard InChI is InChI=1S/C6H11N3OS/c1-2-5-7-6(9-8-5)11-4-3-10/h10H,2-4H2,1H3,(H,7,8,9). The van der Waals surface area contributed by atoms with Crippen LogP contribution in [-0.2, 0) is 6.42 Å². The summed E-state index contributed by atoms with van der Waals surface area (Å²) in [7, 11) is 0. The number of hydrogen-bond acceptors (Lipinski definition) is 4. The third kappa shape index (κ3) is 2.51. The SMILES string of the molecule is CCc1nc(SCCO)n[nH]1. The number of aryl methyl sites for hydroxylation is 1. The van der Waals surface area contributed by atoms with E-state index in [0.29, 0.717) is 5.75 Å². The minimum Gasteiger partial charge on any atom is -0.396 e. The predicted octanol–water partition coefficient (Wildman–Crippen LogP) is 0.451. The van der Waals surface area contributed by atoms with Crippen LogP contribution in [0.25, 0.3) is 0 Å². The molecule has 0 aliphatic rings. The van der Waals surface area contributed by atoms with Crippen molar-refractivity contribution in [1.82, 2.24) is 15.2 Å². The minimum absolute atomic E-state index is 0.167. The van der Waals surface area contributed by atoms with Gasteiger partial charge in [-0.15, -0.1) is 5.10 Å². The Morgan fingerprint density at radius 2 is 2.45 bits per heavy atom. The van der Waals surface area contributed by atoms with Gasteiger partial charge in [-0.25, -0.2) is 4.98 Å². The van der Waals surface area contributed by atoms with E-state index in [1.807, 2.05) is 6.92 Å². The van der Waals surface area contributed by atoms with E-state index < -0.39 is 0 Å². The van der Waals surface area contributed by atoms with Gasteiger partial charge in [-0.2, -0.15) is 0 Å². The number of aromatic amines is 1. The van der Waals surface area contributed by atoms with Gasteiger partial charge >= 0.3 is 0 Å². The first-order valence-electron chi connectivity index (χ1n) is 3.51. The van der Waals surface area contributed by atoms with Crippen molar-refractivity contribution in [2.45, 2.75) is 18.5 Å². The van der Waals surface area contributed by atoms with Crippen molar-refractivity contribution in [2.24, 2.45) is 0 Å². The first-order chi connectivity index (χ1) is 5.36. The van der Waals surface area contributed by atoms with E-state index >= 15 is 0 Å². The summed E-state index contributed by atoms with van der Waals surface area (Å²) in [6.07, 6.45) is 0.868. The molecule has 0 aliphatic heterocycles. The highest BCUT2D eigenvalue weighted by molar-refractivity contribution is 7.99. The molecule has 0 radical (unpaired) electrons. The van der Waals surface area contributed by atoms with E-state index in [1.54, 1.807) is 0 Å². The molecule has 11 heavy (non-hydrogen) atoms. The molecule has 0 spiro atoms. The van der Waals surface area contributed by atoms with Gasteiger partial charge in [0.15, 0.2) is 0 Å². The van der Waals surface area contributed by atoms with Crippen LogP contribution in [0.15, 0.2) is 5.16 Å². The first-order valence-corrected chi connectivity index (χ1v) is 4.50. The second-order valence-electron chi connectivity index (χ2n) is 1.99. The Balaban J connectivity index is 2.44. The molecule has 0 aromatic carbocycles. The van der Waals surface area contributed by atoms with Crippen molar-refractivity contribution < 1.29 is 5.11 Å². The molecule has 0 atom stereocenters. The second kappa shape index (κ2) is 4.35. The zero-order valence-corrected chi connectivity index (χ0v) is 7.19. The molecule has 0 amide bonds. The van der Waals surface area contributed by atoms with Gasteiger partial charge in [0, 0.05) is 12.2 Å². The summed E-state index contributed by atoms with van der Waals surface area (Å²) < 4.78 is 0. The zero-order chi connectivity index (χ0) is 8.10. The molecular weight excluding hydrogens is 162 g/mol. The summed E-state index contributed by atoms with van der Waals surface area (Å²) in [5.74, 6) is 1.55. The van der Waals surface area contributed by atoms with Gasteiger partial charge in [0.25, 0.3) is 0 Å². The predicted molar refractivity (Wildman–Crippen MR) is 43.6 cm³/mol. The molecule has 2 N–H and O–H groups in total. The molecule has 0 aliphatic carbocycles. The molecule has 5 heteroatoms. The van der Waals surface area contributed by atoms with Crippen LogP contribution < -0.4 is 0 Å². The van der Waals surface area contributed by atoms with Crippen molar-refractivity contribution in [3.8, 4) is 0 Å².